The van der Waals surface area contributed by atoms with Gasteiger partial charge < -0.3 is 5.32 Å². The van der Waals surface area contributed by atoms with Crippen molar-refractivity contribution in [2.45, 2.75) is 32.5 Å². The second-order valence-corrected chi connectivity index (χ2v) is 10.3. The van der Waals surface area contributed by atoms with Crippen LogP contribution in [0.4, 0.5) is 9.52 Å². The molecule has 186 valence electrons. The average Bonchev–Trinajstić information content (AvgIpc) is 3.43. The number of hydrogen-bond acceptors (Lipinski definition) is 8. The molecule has 2 aromatic carbocycles. The highest BCUT2D eigenvalue weighted by Gasteiger charge is 2.20. The van der Waals surface area contributed by atoms with E-state index in [9.17, 15) is 14.0 Å². The molecule has 36 heavy (non-hydrogen) atoms. The smallest absolute Gasteiger partial charge is 0.256 e. The van der Waals surface area contributed by atoms with E-state index in [2.05, 4.69) is 31.0 Å². The number of nitrogens with one attached hydrogen (secondary N) is 2. The number of anilines is 1. The summed E-state index contributed by atoms with van der Waals surface area (Å²) in [4.78, 5) is 25.1. The molecule has 0 unspecified atom stereocenters. The molecule has 0 aliphatic carbocycles. The number of aromatic nitrogens is 5. The van der Waals surface area contributed by atoms with Crippen LogP contribution in [0, 0.1) is 26.6 Å². The monoisotopic (exact) mass is 545 g/mol. The zero-order valence-electron chi connectivity index (χ0n) is 19.5. The Labute approximate surface area is 219 Å². The molecule has 0 radical (unpaired) electrons. The van der Waals surface area contributed by atoms with E-state index < -0.39 is 11.7 Å². The van der Waals surface area contributed by atoms with Crippen LogP contribution in [0.25, 0.3) is 5.69 Å². The summed E-state index contributed by atoms with van der Waals surface area (Å²) in [6.07, 6.45) is 0. The van der Waals surface area contributed by atoms with Crippen molar-refractivity contribution in [2.24, 2.45) is 0 Å². The Morgan fingerprint density at radius 1 is 1.11 bits per heavy atom. The summed E-state index contributed by atoms with van der Waals surface area (Å²) in [7, 11) is 0. The largest absolute Gasteiger partial charge is 0.345 e. The number of aryl methyl sites for hydroxylation is 3. The van der Waals surface area contributed by atoms with Gasteiger partial charge >= 0.3 is 0 Å². The summed E-state index contributed by atoms with van der Waals surface area (Å²) in [5.41, 5.74) is 2.52. The van der Waals surface area contributed by atoms with E-state index in [1.54, 1.807) is 11.5 Å². The first kappa shape index (κ1) is 25.7. The van der Waals surface area contributed by atoms with Gasteiger partial charge in [0.2, 0.25) is 11.0 Å². The first-order valence-corrected chi connectivity index (χ1v) is 12.9. The zero-order chi connectivity index (χ0) is 25.8. The normalized spacial score (nSPS) is 10.9. The van der Waals surface area contributed by atoms with E-state index in [0.29, 0.717) is 16.1 Å². The van der Waals surface area contributed by atoms with Gasteiger partial charge in [-0.2, -0.15) is 0 Å². The SMILES string of the molecule is Cc1ccc(C)c(-n2c(CNC(=O)c3c(F)cccc3Cl)nnc2SCC(=O)Nc2nnc(C)s2)c1. The number of benzene rings is 2. The molecule has 0 saturated carbocycles. The molecule has 0 aliphatic heterocycles. The third kappa shape index (κ3) is 5.89. The van der Waals surface area contributed by atoms with Crippen molar-refractivity contribution in [3.8, 4) is 5.69 Å². The first-order valence-electron chi connectivity index (χ1n) is 10.7. The lowest BCUT2D eigenvalue weighted by Gasteiger charge is -2.14. The van der Waals surface area contributed by atoms with Gasteiger partial charge in [-0.3, -0.25) is 19.5 Å². The van der Waals surface area contributed by atoms with E-state index in [1.807, 2.05) is 32.0 Å². The quantitative estimate of drug-likeness (QED) is 0.313. The molecule has 9 nitrogen and oxygen atoms in total. The fourth-order valence-electron chi connectivity index (χ4n) is 3.31. The summed E-state index contributed by atoms with van der Waals surface area (Å²) >= 11 is 8.49. The van der Waals surface area contributed by atoms with E-state index in [-0.39, 0.29) is 28.8 Å². The third-order valence-corrected chi connectivity index (χ3v) is 7.01. The highest BCUT2D eigenvalue weighted by Crippen LogP contribution is 2.26. The Morgan fingerprint density at radius 3 is 2.64 bits per heavy atom. The van der Waals surface area contributed by atoms with E-state index in [1.165, 1.54) is 41.3 Å². The molecule has 0 atom stereocenters. The maximum Gasteiger partial charge on any atom is 0.256 e. The first-order chi connectivity index (χ1) is 17.2. The van der Waals surface area contributed by atoms with Gasteiger partial charge in [0.05, 0.1) is 28.6 Å². The van der Waals surface area contributed by atoms with Crippen LogP contribution < -0.4 is 10.6 Å². The number of hydrogen-bond donors (Lipinski definition) is 2. The fraction of sp³-hybridized carbons (Fsp3) is 0.217. The van der Waals surface area contributed by atoms with Crippen LogP contribution in [0.2, 0.25) is 5.02 Å². The second-order valence-electron chi connectivity index (χ2n) is 7.77. The molecule has 0 aliphatic rings. The van der Waals surface area contributed by atoms with Gasteiger partial charge in [-0.1, -0.05) is 52.9 Å². The van der Waals surface area contributed by atoms with Crippen molar-refractivity contribution in [1.82, 2.24) is 30.3 Å². The second kappa shape index (κ2) is 11.1. The van der Waals surface area contributed by atoms with Gasteiger partial charge in [-0.05, 0) is 50.1 Å². The Bertz CT molecular complexity index is 1420. The van der Waals surface area contributed by atoms with E-state index in [4.69, 9.17) is 11.6 Å². The molecular formula is C23H21ClFN7O2S2. The zero-order valence-corrected chi connectivity index (χ0v) is 21.9. The predicted molar refractivity (Wildman–Crippen MR) is 137 cm³/mol. The number of amides is 2. The number of nitrogens with zero attached hydrogens (tertiary/aromatic N) is 5. The molecule has 0 fully saturated rings. The molecule has 4 rings (SSSR count). The van der Waals surface area contributed by atoms with Gasteiger partial charge in [0.25, 0.3) is 5.91 Å². The lowest BCUT2D eigenvalue weighted by molar-refractivity contribution is -0.113. The molecule has 2 heterocycles. The van der Waals surface area contributed by atoms with Gasteiger partial charge in [0, 0.05) is 0 Å². The lowest BCUT2D eigenvalue weighted by Crippen LogP contribution is -2.26. The van der Waals surface area contributed by atoms with Crippen molar-refractivity contribution < 1.29 is 14.0 Å². The number of carbonyl (C=O) groups excluding carboxylic acids is 2. The molecule has 2 aromatic heterocycles. The molecule has 0 spiro atoms. The highest BCUT2D eigenvalue weighted by molar-refractivity contribution is 7.99. The Kier molecular flexibility index (Phi) is 7.97. The third-order valence-electron chi connectivity index (χ3n) is 5.01. The highest BCUT2D eigenvalue weighted by atomic mass is 35.5. The summed E-state index contributed by atoms with van der Waals surface area (Å²) in [5, 5.41) is 23.3. The lowest BCUT2D eigenvalue weighted by atomic mass is 10.1. The van der Waals surface area contributed by atoms with Gasteiger partial charge in [-0.15, -0.1) is 20.4 Å². The van der Waals surface area contributed by atoms with E-state index >= 15 is 0 Å². The number of carbonyl (C=O) groups is 2. The summed E-state index contributed by atoms with van der Waals surface area (Å²) in [6, 6.07) is 9.95. The van der Waals surface area contributed by atoms with Gasteiger partial charge in [0.1, 0.15) is 10.8 Å². The van der Waals surface area contributed by atoms with Crippen LogP contribution in [-0.2, 0) is 11.3 Å². The molecular weight excluding hydrogens is 525 g/mol. The van der Waals surface area contributed by atoms with Gasteiger partial charge in [-0.25, -0.2) is 4.39 Å². The van der Waals surface area contributed by atoms with E-state index in [0.717, 1.165) is 21.8 Å². The minimum atomic E-state index is -0.719. The van der Waals surface area contributed by atoms with Crippen molar-refractivity contribution in [1.29, 1.82) is 0 Å². The fourth-order valence-corrected chi connectivity index (χ4v) is 4.93. The summed E-state index contributed by atoms with van der Waals surface area (Å²) < 4.78 is 16.0. The maximum atomic E-state index is 14.2. The van der Waals surface area contributed by atoms with Crippen molar-refractivity contribution in [3.63, 3.8) is 0 Å². The molecule has 13 heteroatoms. The number of rotatable bonds is 8. The minimum absolute atomic E-state index is 0.0105. The predicted octanol–water partition coefficient (Wildman–Crippen LogP) is 4.50. The van der Waals surface area contributed by atoms with Crippen LogP contribution in [0.3, 0.4) is 0 Å². The Hall–Kier alpha value is -3.35. The minimum Gasteiger partial charge on any atom is -0.345 e. The topological polar surface area (TPSA) is 115 Å². The van der Waals surface area contributed by atoms with Crippen LogP contribution in [-0.4, -0.2) is 42.5 Å². The standard InChI is InChI=1S/C23H21ClFN7O2S2/c1-12-7-8-13(2)17(9-12)32-18(10-26-21(34)20-15(24)5-4-6-16(20)25)29-31-23(32)35-11-19(33)27-22-30-28-14(3)36-22/h4-9H,10-11H2,1-3H3,(H,26,34)(H,27,30,33). The Balaban J connectivity index is 1.57. The van der Waals surface area contributed by atoms with Crippen LogP contribution >= 0.6 is 34.7 Å². The molecule has 4 aromatic rings. The average molecular weight is 546 g/mol. The molecule has 2 amide bonds. The van der Waals surface area contributed by atoms with Crippen LogP contribution in [0.5, 0.6) is 0 Å². The van der Waals surface area contributed by atoms with Crippen molar-refractivity contribution >= 4 is 51.6 Å². The Morgan fingerprint density at radius 2 is 1.92 bits per heavy atom. The molecule has 2 N–H and O–H groups in total. The summed E-state index contributed by atoms with van der Waals surface area (Å²) in [5.74, 6) is -1.19. The van der Waals surface area contributed by atoms with Crippen molar-refractivity contribution in [2.75, 3.05) is 11.1 Å². The maximum absolute atomic E-state index is 14.2. The molecule has 0 bridgehead atoms. The number of thioether (sulfide) groups is 1. The summed E-state index contributed by atoms with van der Waals surface area (Å²) in [6.45, 7) is 5.66. The van der Waals surface area contributed by atoms with Crippen molar-refractivity contribution in [3.05, 3.63) is 74.8 Å². The van der Waals surface area contributed by atoms with Gasteiger partial charge in [0.15, 0.2) is 11.0 Å². The van der Waals surface area contributed by atoms with Crippen LogP contribution in [0.15, 0.2) is 41.6 Å². The van der Waals surface area contributed by atoms with Crippen LogP contribution in [0.1, 0.15) is 32.3 Å². The molecule has 0 saturated heterocycles. The number of halogens is 2.